The lowest BCUT2D eigenvalue weighted by Crippen LogP contribution is -2.37. The van der Waals surface area contributed by atoms with E-state index >= 15 is 0 Å². The molecule has 0 aromatic heterocycles. The van der Waals surface area contributed by atoms with Crippen LogP contribution in [0.2, 0.25) is 0 Å². The molecule has 1 rings (SSSR count). The summed E-state index contributed by atoms with van der Waals surface area (Å²) in [7, 11) is 0. The molecule has 1 aromatic carbocycles. The molecule has 2 N–H and O–H groups in total. The average Bonchev–Trinajstić information content (AvgIpc) is 2.34. The highest BCUT2D eigenvalue weighted by Crippen LogP contribution is 1.99. The topological polar surface area (TPSA) is 36.4 Å². The second-order valence-electron chi connectivity index (χ2n) is 3.35. The van der Waals surface area contributed by atoms with Crippen molar-refractivity contribution in [2.45, 2.75) is 13.5 Å². The van der Waals surface area contributed by atoms with E-state index in [1.165, 1.54) is 5.56 Å². The first-order valence-electron chi connectivity index (χ1n) is 5.53. The van der Waals surface area contributed by atoms with Crippen LogP contribution in [0.1, 0.15) is 12.5 Å². The van der Waals surface area contributed by atoms with Gasteiger partial charge in [0.1, 0.15) is 0 Å². The number of nitrogens with one attached hydrogen (secondary N) is 2. The smallest absolute Gasteiger partial charge is 0.191 e. The lowest BCUT2D eigenvalue weighted by atomic mass is 10.2. The Balaban J connectivity index is 0.00000256. The van der Waals surface area contributed by atoms with E-state index in [4.69, 9.17) is 0 Å². The summed E-state index contributed by atoms with van der Waals surface area (Å²) >= 11 is 0. The summed E-state index contributed by atoms with van der Waals surface area (Å²) in [4.78, 5) is 4.47. The average molecular weight is 345 g/mol. The van der Waals surface area contributed by atoms with Crippen LogP contribution in [0.5, 0.6) is 0 Å². The molecule has 0 atom stereocenters. The Morgan fingerprint density at radius 1 is 1.29 bits per heavy atom. The number of rotatable bonds is 5. The van der Waals surface area contributed by atoms with E-state index in [1.807, 2.05) is 31.2 Å². The quantitative estimate of drug-likeness (QED) is 0.372. The maximum Gasteiger partial charge on any atom is 0.191 e. The van der Waals surface area contributed by atoms with Crippen molar-refractivity contribution in [3.05, 3.63) is 48.6 Å². The molecule has 0 radical (unpaired) electrons. The van der Waals surface area contributed by atoms with Gasteiger partial charge in [-0.25, -0.2) is 4.99 Å². The van der Waals surface area contributed by atoms with Crippen LogP contribution in [0.3, 0.4) is 0 Å². The molecule has 0 heterocycles. The molecule has 1 aromatic rings. The minimum atomic E-state index is 0. The Bertz CT molecular complexity index is 336. The van der Waals surface area contributed by atoms with Gasteiger partial charge in [-0.3, -0.25) is 0 Å². The minimum absolute atomic E-state index is 0. The van der Waals surface area contributed by atoms with Crippen molar-refractivity contribution >= 4 is 29.9 Å². The maximum absolute atomic E-state index is 4.47. The van der Waals surface area contributed by atoms with Gasteiger partial charge in [-0.15, -0.1) is 30.6 Å². The highest BCUT2D eigenvalue weighted by atomic mass is 127. The lowest BCUT2D eigenvalue weighted by molar-refractivity contribution is 0.860. The third-order valence-corrected chi connectivity index (χ3v) is 2.02. The molecule has 0 spiro atoms. The molecule has 94 valence electrons. The number of halogens is 1. The number of hydrogen-bond acceptors (Lipinski definition) is 1. The van der Waals surface area contributed by atoms with Gasteiger partial charge in [-0.1, -0.05) is 36.4 Å². The Labute approximate surface area is 120 Å². The largest absolute Gasteiger partial charge is 0.357 e. The summed E-state index contributed by atoms with van der Waals surface area (Å²) in [6.07, 6.45) is 1.81. The molecule has 0 saturated heterocycles. The van der Waals surface area contributed by atoms with Crippen LogP contribution in [-0.2, 0) is 6.54 Å². The fourth-order valence-electron chi connectivity index (χ4n) is 1.26. The Hall–Kier alpha value is -1.04. The van der Waals surface area contributed by atoms with E-state index in [0.717, 1.165) is 19.0 Å². The molecular weight excluding hydrogens is 325 g/mol. The zero-order valence-electron chi connectivity index (χ0n) is 10.1. The molecule has 0 fully saturated rings. The van der Waals surface area contributed by atoms with E-state index in [1.54, 1.807) is 0 Å². The van der Waals surface area contributed by atoms with Gasteiger partial charge in [0.2, 0.25) is 0 Å². The summed E-state index contributed by atoms with van der Waals surface area (Å²) in [6.45, 7) is 7.98. The standard InChI is InChI=1S/C13H19N3.HI/c1-3-10-15-13(14-4-2)16-11-12-8-6-5-7-9-12;/h3,5-9H,1,4,10-11H2,2H3,(H2,14,15,16);1H. The summed E-state index contributed by atoms with van der Waals surface area (Å²) < 4.78 is 0. The first-order valence-corrected chi connectivity index (χ1v) is 5.53. The normalized spacial score (nSPS) is 10.3. The third kappa shape index (κ3) is 6.99. The maximum atomic E-state index is 4.47. The Morgan fingerprint density at radius 2 is 2.00 bits per heavy atom. The summed E-state index contributed by atoms with van der Waals surface area (Å²) in [6, 6.07) is 10.2. The molecule has 0 aliphatic rings. The summed E-state index contributed by atoms with van der Waals surface area (Å²) in [5.41, 5.74) is 1.21. The molecule has 17 heavy (non-hydrogen) atoms. The van der Waals surface area contributed by atoms with Gasteiger partial charge >= 0.3 is 0 Å². The van der Waals surface area contributed by atoms with E-state index in [2.05, 4.69) is 34.3 Å². The van der Waals surface area contributed by atoms with E-state index in [0.29, 0.717) is 6.54 Å². The van der Waals surface area contributed by atoms with Crippen molar-refractivity contribution in [2.75, 3.05) is 13.1 Å². The number of guanidine groups is 1. The van der Waals surface area contributed by atoms with Crippen molar-refractivity contribution < 1.29 is 0 Å². The van der Waals surface area contributed by atoms with Gasteiger partial charge in [0.25, 0.3) is 0 Å². The molecule has 0 saturated carbocycles. The Kier molecular flexibility index (Phi) is 9.52. The van der Waals surface area contributed by atoms with Gasteiger partial charge in [-0.05, 0) is 12.5 Å². The van der Waals surface area contributed by atoms with Crippen LogP contribution in [0, 0.1) is 0 Å². The highest BCUT2D eigenvalue weighted by Gasteiger charge is 1.94. The van der Waals surface area contributed by atoms with Crippen LogP contribution in [0.15, 0.2) is 48.0 Å². The summed E-state index contributed by atoms with van der Waals surface area (Å²) in [5, 5.41) is 6.34. The number of hydrogen-bond donors (Lipinski definition) is 2. The Morgan fingerprint density at radius 3 is 2.59 bits per heavy atom. The number of aliphatic imine (C=N–C) groups is 1. The van der Waals surface area contributed by atoms with Crippen LogP contribution < -0.4 is 10.6 Å². The SMILES string of the molecule is C=CCNC(=NCc1ccccc1)NCC.I. The molecule has 0 aliphatic heterocycles. The van der Waals surface area contributed by atoms with Crippen LogP contribution in [0.4, 0.5) is 0 Å². The van der Waals surface area contributed by atoms with Gasteiger partial charge in [-0.2, -0.15) is 0 Å². The molecule has 0 unspecified atom stereocenters. The molecule has 0 bridgehead atoms. The predicted molar refractivity (Wildman–Crippen MR) is 84.9 cm³/mol. The molecule has 0 amide bonds. The van der Waals surface area contributed by atoms with Gasteiger partial charge < -0.3 is 10.6 Å². The van der Waals surface area contributed by atoms with Crippen molar-refractivity contribution in [3.8, 4) is 0 Å². The predicted octanol–water partition coefficient (Wildman–Crippen LogP) is 2.55. The fourth-order valence-corrected chi connectivity index (χ4v) is 1.26. The second-order valence-corrected chi connectivity index (χ2v) is 3.35. The zero-order valence-corrected chi connectivity index (χ0v) is 12.5. The van der Waals surface area contributed by atoms with Crippen LogP contribution in [-0.4, -0.2) is 19.0 Å². The monoisotopic (exact) mass is 345 g/mol. The number of nitrogens with zero attached hydrogens (tertiary/aromatic N) is 1. The minimum Gasteiger partial charge on any atom is -0.357 e. The van der Waals surface area contributed by atoms with E-state index < -0.39 is 0 Å². The van der Waals surface area contributed by atoms with E-state index in [-0.39, 0.29) is 24.0 Å². The van der Waals surface area contributed by atoms with Crippen molar-refractivity contribution in [1.29, 1.82) is 0 Å². The number of benzene rings is 1. The van der Waals surface area contributed by atoms with E-state index in [9.17, 15) is 0 Å². The van der Waals surface area contributed by atoms with Crippen LogP contribution in [0.25, 0.3) is 0 Å². The fraction of sp³-hybridized carbons (Fsp3) is 0.308. The van der Waals surface area contributed by atoms with Crippen molar-refractivity contribution in [1.82, 2.24) is 10.6 Å². The van der Waals surface area contributed by atoms with Crippen molar-refractivity contribution in [2.24, 2.45) is 4.99 Å². The molecule has 3 nitrogen and oxygen atoms in total. The highest BCUT2D eigenvalue weighted by molar-refractivity contribution is 14.0. The first kappa shape index (κ1) is 16.0. The molecule has 0 aliphatic carbocycles. The summed E-state index contributed by atoms with van der Waals surface area (Å²) in [5.74, 6) is 0.825. The van der Waals surface area contributed by atoms with Gasteiger partial charge in [0.05, 0.1) is 6.54 Å². The van der Waals surface area contributed by atoms with Crippen LogP contribution >= 0.6 is 24.0 Å². The second kappa shape index (κ2) is 10.1. The first-order chi connectivity index (χ1) is 7.86. The third-order valence-electron chi connectivity index (χ3n) is 2.02. The zero-order chi connectivity index (χ0) is 11.6. The van der Waals surface area contributed by atoms with Gasteiger partial charge in [0, 0.05) is 13.1 Å². The van der Waals surface area contributed by atoms with Crippen molar-refractivity contribution in [3.63, 3.8) is 0 Å². The van der Waals surface area contributed by atoms with Gasteiger partial charge in [0.15, 0.2) is 5.96 Å². The lowest BCUT2D eigenvalue weighted by Gasteiger charge is -2.09. The molecule has 4 heteroatoms. The molecular formula is C13H20IN3.